The van der Waals surface area contributed by atoms with Crippen molar-refractivity contribution in [1.29, 1.82) is 0 Å². The maximum atomic E-state index is 12.2. The zero-order valence-electron chi connectivity index (χ0n) is 15.3. The maximum absolute atomic E-state index is 12.2. The fourth-order valence-corrected chi connectivity index (χ4v) is 5.25. The minimum atomic E-state index is -4.65. The van der Waals surface area contributed by atoms with Gasteiger partial charge >= 0.3 is 6.18 Å². The number of rotatable bonds is 8. The lowest BCUT2D eigenvalue weighted by atomic mass is 10.3. The Balaban J connectivity index is 1.49. The highest BCUT2D eigenvalue weighted by molar-refractivity contribution is 7.99. The molecular formula is C18H16F3N3O3S3. The predicted octanol–water partition coefficient (Wildman–Crippen LogP) is 4.01. The van der Waals surface area contributed by atoms with Crippen molar-refractivity contribution < 1.29 is 26.4 Å². The number of carbonyl (C=O) groups is 1. The minimum Gasteiger partial charge on any atom is -0.325 e. The summed E-state index contributed by atoms with van der Waals surface area (Å²) in [7, 11) is -4.29. The van der Waals surface area contributed by atoms with Crippen molar-refractivity contribution in [3.05, 3.63) is 53.5 Å². The van der Waals surface area contributed by atoms with Crippen LogP contribution in [0.5, 0.6) is 0 Å². The number of thioether (sulfide) groups is 1. The van der Waals surface area contributed by atoms with E-state index in [0.717, 1.165) is 27.4 Å². The van der Waals surface area contributed by atoms with Crippen LogP contribution in [-0.2, 0) is 20.6 Å². The molecule has 1 heterocycles. The van der Waals surface area contributed by atoms with E-state index in [0.29, 0.717) is 11.4 Å². The summed E-state index contributed by atoms with van der Waals surface area (Å²) >= 11 is 2.95. The van der Waals surface area contributed by atoms with E-state index in [2.05, 4.69) is 10.3 Å². The Hall–Kier alpha value is -2.15. The molecule has 0 fully saturated rings. The van der Waals surface area contributed by atoms with Gasteiger partial charge in [-0.1, -0.05) is 12.1 Å². The number of carbonyl (C=O) groups excluding carboxylic acids is 1. The van der Waals surface area contributed by atoms with Gasteiger partial charge in [-0.15, -0.1) is 23.1 Å². The third kappa shape index (κ3) is 6.42. The van der Waals surface area contributed by atoms with Crippen LogP contribution < -0.4 is 10.0 Å². The number of amides is 1. The third-order valence-electron chi connectivity index (χ3n) is 3.71. The molecule has 3 rings (SSSR count). The van der Waals surface area contributed by atoms with Crippen molar-refractivity contribution in [1.82, 2.24) is 9.71 Å². The standard InChI is InChI=1S/C18H16F3N3O3S3/c19-18(20,21)11-22-30(26,27)13-7-5-12(6-8-13)23-16(25)9-28-10-17-24-14-3-1-2-4-15(14)29-17/h1-8,22H,9-11H2,(H,23,25). The zero-order chi connectivity index (χ0) is 21.8. The number of nitrogens with one attached hydrogen (secondary N) is 2. The van der Waals surface area contributed by atoms with Crippen LogP contribution in [-0.4, -0.2) is 37.8 Å². The van der Waals surface area contributed by atoms with Crippen LogP contribution >= 0.6 is 23.1 Å². The van der Waals surface area contributed by atoms with E-state index in [9.17, 15) is 26.4 Å². The number of anilines is 1. The predicted molar refractivity (Wildman–Crippen MR) is 112 cm³/mol. The number of hydrogen-bond donors (Lipinski definition) is 2. The van der Waals surface area contributed by atoms with E-state index < -0.39 is 22.7 Å². The van der Waals surface area contributed by atoms with Gasteiger partial charge in [0.1, 0.15) is 11.6 Å². The van der Waals surface area contributed by atoms with Gasteiger partial charge in [0, 0.05) is 11.4 Å². The first-order valence-corrected chi connectivity index (χ1v) is 12.0. The molecule has 2 aromatic carbocycles. The van der Waals surface area contributed by atoms with Crippen molar-refractivity contribution in [3.8, 4) is 0 Å². The van der Waals surface area contributed by atoms with Crippen molar-refractivity contribution in [2.75, 3.05) is 17.6 Å². The number of alkyl halides is 3. The Labute approximate surface area is 178 Å². The van der Waals surface area contributed by atoms with E-state index in [1.54, 1.807) is 11.3 Å². The lowest BCUT2D eigenvalue weighted by Crippen LogP contribution is -2.33. The molecule has 0 aliphatic rings. The zero-order valence-corrected chi connectivity index (χ0v) is 17.7. The van der Waals surface area contributed by atoms with Gasteiger partial charge in [-0.2, -0.15) is 13.2 Å². The fraction of sp³-hybridized carbons (Fsp3) is 0.222. The molecule has 6 nitrogen and oxygen atoms in total. The Kier molecular flexibility index (Phi) is 7.01. The second-order valence-electron chi connectivity index (χ2n) is 6.08. The van der Waals surface area contributed by atoms with E-state index in [-0.39, 0.29) is 16.6 Å². The number of para-hydroxylation sites is 1. The van der Waals surface area contributed by atoms with Crippen molar-refractivity contribution in [2.45, 2.75) is 16.8 Å². The largest absolute Gasteiger partial charge is 0.402 e. The van der Waals surface area contributed by atoms with Gasteiger partial charge in [0.25, 0.3) is 0 Å². The Bertz CT molecular complexity index is 1100. The first kappa shape index (κ1) is 22.5. The van der Waals surface area contributed by atoms with Gasteiger partial charge in [0.2, 0.25) is 15.9 Å². The van der Waals surface area contributed by atoms with Crippen LogP contribution in [0.15, 0.2) is 53.4 Å². The first-order valence-electron chi connectivity index (χ1n) is 8.51. The summed E-state index contributed by atoms with van der Waals surface area (Å²) in [5.74, 6) is 0.463. The number of hydrogen-bond acceptors (Lipinski definition) is 6. The summed E-state index contributed by atoms with van der Waals surface area (Å²) < 4.78 is 62.8. The molecule has 0 saturated heterocycles. The summed E-state index contributed by atoms with van der Waals surface area (Å²) in [6.07, 6.45) is -4.65. The summed E-state index contributed by atoms with van der Waals surface area (Å²) in [6, 6.07) is 12.6. The highest BCUT2D eigenvalue weighted by Crippen LogP contribution is 2.25. The molecule has 1 aromatic heterocycles. The lowest BCUT2D eigenvalue weighted by molar-refractivity contribution is -0.121. The van der Waals surface area contributed by atoms with Gasteiger partial charge < -0.3 is 5.32 Å². The molecule has 0 aliphatic heterocycles. The number of halogens is 3. The van der Waals surface area contributed by atoms with Crippen molar-refractivity contribution in [2.24, 2.45) is 0 Å². The lowest BCUT2D eigenvalue weighted by Gasteiger charge is -2.10. The molecule has 0 aliphatic carbocycles. The van der Waals surface area contributed by atoms with Crippen LogP contribution in [0.3, 0.4) is 0 Å². The molecule has 30 heavy (non-hydrogen) atoms. The second kappa shape index (κ2) is 9.33. The topological polar surface area (TPSA) is 88.2 Å². The molecular weight excluding hydrogens is 459 g/mol. The molecule has 12 heteroatoms. The molecule has 0 saturated carbocycles. The van der Waals surface area contributed by atoms with Crippen molar-refractivity contribution >= 4 is 54.9 Å². The average molecular weight is 476 g/mol. The summed E-state index contributed by atoms with van der Waals surface area (Å²) in [5.41, 5.74) is 1.26. The molecule has 3 aromatic rings. The van der Waals surface area contributed by atoms with E-state index >= 15 is 0 Å². The van der Waals surface area contributed by atoms with Gasteiger partial charge in [-0.05, 0) is 36.4 Å². The molecule has 0 unspecified atom stereocenters. The number of aromatic nitrogens is 1. The van der Waals surface area contributed by atoms with Crippen LogP contribution in [0.4, 0.5) is 18.9 Å². The van der Waals surface area contributed by atoms with Gasteiger partial charge in [0.15, 0.2) is 0 Å². The SMILES string of the molecule is O=C(CSCc1nc2ccccc2s1)Nc1ccc(S(=O)(=O)NCC(F)(F)F)cc1. The molecule has 2 N–H and O–H groups in total. The number of fused-ring (bicyclic) bond motifs is 1. The second-order valence-corrected chi connectivity index (χ2v) is 9.95. The fourth-order valence-electron chi connectivity index (χ4n) is 2.39. The van der Waals surface area contributed by atoms with Crippen LogP contribution in [0, 0.1) is 0 Å². The Morgan fingerprint density at radius 3 is 2.47 bits per heavy atom. The summed E-state index contributed by atoms with van der Waals surface area (Å²) in [4.78, 5) is 16.2. The highest BCUT2D eigenvalue weighted by Gasteiger charge is 2.30. The average Bonchev–Trinajstić information content (AvgIpc) is 3.09. The van der Waals surface area contributed by atoms with Crippen LogP contribution in [0.25, 0.3) is 10.2 Å². The Morgan fingerprint density at radius 1 is 1.10 bits per heavy atom. The van der Waals surface area contributed by atoms with Crippen LogP contribution in [0.2, 0.25) is 0 Å². The molecule has 160 valence electrons. The van der Waals surface area contributed by atoms with Gasteiger partial charge in [-0.3, -0.25) is 4.79 Å². The maximum Gasteiger partial charge on any atom is 0.402 e. The molecule has 0 radical (unpaired) electrons. The monoisotopic (exact) mass is 475 g/mol. The number of nitrogens with zero attached hydrogens (tertiary/aromatic N) is 1. The van der Waals surface area contributed by atoms with Crippen molar-refractivity contribution in [3.63, 3.8) is 0 Å². The molecule has 0 spiro atoms. The first-order chi connectivity index (χ1) is 14.1. The molecule has 0 atom stereocenters. The minimum absolute atomic E-state index is 0.170. The number of thiazole rings is 1. The molecule has 0 bridgehead atoms. The number of sulfonamides is 1. The number of benzene rings is 2. The third-order valence-corrected chi connectivity index (χ3v) is 7.29. The van der Waals surface area contributed by atoms with Crippen LogP contribution in [0.1, 0.15) is 5.01 Å². The highest BCUT2D eigenvalue weighted by atomic mass is 32.2. The van der Waals surface area contributed by atoms with E-state index in [1.807, 2.05) is 24.3 Å². The van der Waals surface area contributed by atoms with E-state index in [4.69, 9.17) is 0 Å². The quantitative estimate of drug-likeness (QED) is 0.514. The summed E-state index contributed by atoms with van der Waals surface area (Å²) in [6.45, 7) is -1.65. The van der Waals surface area contributed by atoms with Gasteiger partial charge in [-0.25, -0.2) is 18.1 Å². The normalized spacial score (nSPS) is 12.2. The van der Waals surface area contributed by atoms with Gasteiger partial charge in [0.05, 0.1) is 20.9 Å². The Morgan fingerprint density at radius 2 is 1.80 bits per heavy atom. The molecule has 1 amide bonds. The van der Waals surface area contributed by atoms with E-state index in [1.165, 1.54) is 28.6 Å². The smallest absolute Gasteiger partial charge is 0.325 e. The summed E-state index contributed by atoms with van der Waals surface area (Å²) in [5, 5.41) is 3.53.